The van der Waals surface area contributed by atoms with Crippen molar-refractivity contribution < 1.29 is 28.5 Å². The van der Waals surface area contributed by atoms with Gasteiger partial charge in [0.05, 0.1) is 33.0 Å². The van der Waals surface area contributed by atoms with Gasteiger partial charge in [-0.05, 0) is 31.9 Å². The molecular formula is C19H26N2O6. The van der Waals surface area contributed by atoms with Gasteiger partial charge in [-0.1, -0.05) is 13.8 Å². The summed E-state index contributed by atoms with van der Waals surface area (Å²) >= 11 is 0. The number of benzene rings is 1. The number of nitrogens with zero attached hydrogens (tertiary/aromatic N) is 1. The van der Waals surface area contributed by atoms with Crippen LogP contribution in [0.5, 0.6) is 17.2 Å². The number of amides is 1. The second kappa shape index (κ2) is 9.12. The van der Waals surface area contributed by atoms with Crippen molar-refractivity contribution in [3.05, 3.63) is 17.7 Å². The van der Waals surface area contributed by atoms with Crippen LogP contribution >= 0.6 is 0 Å². The minimum Gasteiger partial charge on any atom is -0.493 e. The molecule has 0 aliphatic carbocycles. The third kappa shape index (κ3) is 5.03. The Morgan fingerprint density at radius 3 is 1.96 bits per heavy atom. The highest BCUT2D eigenvalue weighted by Crippen LogP contribution is 2.38. The van der Waals surface area contributed by atoms with Crippen molar-refractivity contribution in [2.75, 3.05) is 21.3 Å². The summed E-state index contributed by atoms with van der Waals surface area (Å²) < 4.78 is 20.8. The maximum Gasteiger partial charge on any atom is 0.339 e. The molecule has 148 valence electrons. The third-order valence-electron chi connectivity index (χ3n) is 4.32. The largest absolute Gasteiger partial charge is 0.493 e. The second-order valence-electron chi connectivity index (χ2n) is 6.42. The lowest BCUT2D eigenvalue weighted by Gasteiger charge is -2.28. The monoisotopic (exact) mass is 378 g/mol. The number of ether oxygens (including phenoxy) is 4. The summed E-state index contributed by atoms with van der Waals surface area (Å²) in [5.74, 6) is -0.502. The van der Waals surface area contributed by atoms with Crippen molar-refractivity contribution in [1.29, 1.82) is 5.26 Å². The number of rotatable bonds is 8. The molecule has 0 aliphatic rings. The van der Waals surface area contributed by atoms with Gasteiger partial charge in [-0.15, -0.1) is 0 Å². The standard InChI is InChI=1S/C19H26N2O6/c1-11(2)19(4,10-20)21-17(22)12(3)27-18(23)13-8-14(24-5)16(26-7)15(9-13)25-6/h8-9,11-12H,1-7H3,(H,21,22). The Morgan fingerprint density at radius 2 is 1.59 bits per heavy atom. The van der Waals surface area contributed by atoms with Crippen LogP contribution in [-0.4, -0.2) is 44.8 Å². The van der Waals surface area contributed by atoms with Gasteiger partial charge in [-0.2, -0.15) is 5.26 Å². The number of hydrogen-bond donors (Lipinski definition) is 1. The summed E-state index contributed by atoms with van der Waals surface area (Å²) in [7, 11) is 4.31. The Hall–Kier alpha value is -2.95. The average molecular weight is 378 g/mol. The number of carbonyl (C=O) groups is 2. The van der Waals surface area contributed by atoms with Crippen LogP contribution in [0.25, 0.3) is 0 Å². The summed E-state index contributed by atoms with van der Waals surface area (Å²) in [6, 6.07) is 4.94. The summed E-state index contributed by atoms with van der Waals surface area (Å²) in [5, 5.41) is 11.9. The first kappa shape index (κ1) is 22.1. The smallest absolute Gasteiger partial charge is 0.339 e. The number of carbonyl (C=O) groups excluding carboxylic acids is 2. The Balaban J connectivity index is 2.99. The number of esters is 1. The molecule has 0 radical (unpaired) electrons. The molecule has 8 heteroatoms. The van der Waals surface area contributed by atoms with Crippen LogP contribution in [0, 0.1) is 17.2 Å². The van der Waals surface area contributed by atoms with E-state index in [0.29, 0.717) is 5.75 Å². The number of nitriles is 1. The normalized spacial score (nSPS) is 13.7. The SMILES string of the molecule is COc1cc(C(=O)OC(C)C(=O)NC(C)(C#N)C(C)C)cc(OC)c1OC. The minimum absolute atomic E-state index is 0.121. The summed E-state index contributed by atoms with van der Waals surface area (Å²) in [6.07, 6.45) is -1.09. The Morgan fingerprint density at radius 1 is 1.07 bits per heavy atom. The number of nitrogens with one attached hydrogen (secondary N) is 1. The number of methoxy groups -OCH3 is 3. The summed E-state index contributed by atoms with van der Waals surface area (Å²) in [6.45, 7) is 6.68. The van der Waals surface area contributed by atoms with E-state index in [0.717, 1.165) is 0 Å². The van der Waals surface area contributed by atoms with Crippen molar-refractivity contribution in [1.82, 2.24) is 5.32 Å². The van der Waals surface area contributed by atoms with Crippen molar-refractivity contribution >= 4 is 11.9 Å². The predicted molar refractivity (Wildman–Crippen MR) is 98.0 cm³/mol. The first-order valence-corrected chi connectivity index (χ1v) is 8.37. The molecule has 27 heavy (non-hydrogen) atoms. The van der Waals surface area contributed by atoms with Crippen LogP contribution in [0.3, 0.4) is 0 Å². The fourth-order valence-electron chi connectivity index (χ4n) is 2.14. The Labute approximate surface area is 159 Å². The molecule has 2 atom stereocenters. The van der Waals surface area contributed by atoms with Crippen molar-refractivity contribution in [2.45, 2.75) is 39.3 Å². The van der Waals surface area contributed by atoms with E-state index in [-0.39, 0.29) is 23.0 Å². The molecule has 0 aromatic heterocycles. The predicted octanol–water partition coefficient (Wildman–Crippen LogP) is 2.31. The van der Waals surface area contributed by atoms with E-state index in [1.165, 1.54) is 40.4 Å². The highest BCUT2D eigenvalue weighted by Gasteiger charge is 2.33. The van der Waals surface area contributed by atoms with Gasteiger partial charge < -0.3 is 24.3 Å². The fraction of sp³-hybridized carbons (Fsp3) is 0.526. The lowest BCUT2D eigenvalue weighted by atomic mass is 9.90. The quantitative estimate of drug-likeness (QED) is 0.692. The zero-order chi connectivity index (χ0) is 20.8. The molecule has 0 saturated heterocycles. The van der Waals surface area contributed by atoms with Crippen LogP contribution in [-0.2, 0) is 9.53 Å². The second-order valence-corrected chi connectivity index (χ2v) is 6.42. The van der Waals surface area contributed by atoms with Gasteiger partial charge in [-0.3, -0.25) is 4.79 Å². The molecular weight excluding hydrogens is 352 g/mol. The zero-order valence-electron chi connectivity index (χ0n) is 16.7. The summed E-state index contributed by atoms with van der Waals surface area (Å²) in [4.78, 5) is 24.8. The van der Waals surface area contributed by atoms with E-state index in [4.69, 9.17) is 18.9 Å². The minimum atomic E-state index is -1.09. The van der Waals surface area contributed by atoms with Crippen LogP contribution in [0.1, 0.15) is 38.1 Å². The van der Waals surface area contributed by atoms with Gasteiger partial charge >= 0.3 is 5.97 Å². The van der Waals surface area contributed by atoms with E-state index in [1.54, 1.807) is 6.92 Å². The summed E-state index contributed by atoms with van der Waals surface area (Å²) in [5.41, 5.74) is -0.930. The maximum absolute atomic E-state index is 12.4. The molecule has 0 saturated carbocycles. The van der Waals surface area contributed by atoms with Gasteiger partial charge in [0.25, 0.3) is 5.91 Å². The van der Waals surface area contributed by atoms with Crippen LogP contribution in [0.4, 0.5) is 0 Å². The Kier molecular flexibility index (Phi) is 7.46. The number of hydrogen-bond acceptors (Lipinski definition) is 7. The lowest BCUT2D eigenvalue weighted by molar-refractivity contribution is -0.130. The highest BCUT2D eigenvalue weighted by atomic mass is 16.5. The molecule has 1 rings (SSSR count). The molecule has 8 nitrogen and oxygen atoms in total. The first-order chi connectivity index (χ1) is 12.6. The molecule has 2 unspecified atom stereocenters. The van der Waals surface area contributed by atoms with E-state index in [2.05, 4.69) is 11.4 Å². The topological polar surface area (TPSA) is 107 Å². The molecule has 0 spiro atoms. The van der Waals surface area contributed by atoms with Gasteiger partial charge in [0, 0.05) is 0 Å². The van der Waals surface area contributed by atoms with E-state index in [9.17, 15) is 14.9 Å². The van der Waals surface area contributed by atoms with E-state index < -0.39 is 23.5 Å². The highest BCUT2D eigenvalue weighted by molar-refractivity contribution is 5.93. The molecule has 1 N–H and O–H groups in total. The van der Waals surface area contributed by atoms with Crippen LogP contribution in [0.2, 0.25) is 0 Å². The van der Waals surface area contributed by atoms with E-state index in [1.807, 2.05) is 13.8 Å². The van der Waals surface area contributed by atoms with Gasteiger partial charge in [0.2, 0.25) is 5.75 Å². The van der Waals surface area contributed by atoms with Crippen LogP contribution in [0.15, 0.2) is 12.1 Å². The molecule has 0 bridgehead atoms. The molecule has 0 fully saturated rings. The Bertz CT molecular complexity index is 715. The molecule has 1 aromatic rings. The molecule has 1 amide bonds. The maximum atomic E-state index is 12.4. The molecule has 0 aliphatic heterocycles. The third-order valence-corrected chi connectivity index (χ3v) is 4.32. The van der Waals surface area contributed by atoms with Crippen LogP contribution < -0.4 is 19.5 Å². The zero-order valence-corrected chi connectivity index (χ0v) is 16.7. The van der Waals surface area contributed by atoms with E-state index >= 15 is 0 Å². The fourth-order valence-corrected chi connectivity index (χ4v) is 2.14. The molecule has 1 aromatic carbocycles. The van der Waals surface area contributed by atoms with Gasteiger partial charge in [-0.25, -0.2) is 4.79 Å². The van der Waals surface area contributed by atoms with Crippen molar-refractivity contribution in [2.24, 2.45) is 5.92 Å². The average Bonchev–Trinajstić information content (AvgIpc) is 2.65. The molecule has 0 heterocycles. The lowest BCUT2D eigenvalue weighted by Crippen LogP contribution is -2.52. The first-order valence-electron chi connectivity index (χ1n) is 8.37. The van der Waals surface area contributed by atoms with Crippen molar-refractivity contribution in [3.8, 4) is 23.3 Å². The van der Waals surface area contributed by atoms with Crippen molar-refractivity contribution in [3.63, 3.8) is 0 Å². The van der Waals surface area contributed by atoms with Gasteiger partial charge in [0.1, 0.15) is 5.54 Å². The van der Waals surface area contributed by atoms with Gasteiger partial charge in [0.15, 0.2) is 17.6 Å².